The first kappa shape index (κ1) is 17.8. The van der Waals surface area contributed by atoms with Gasteiger partial charge in [-0.05, 0) is 25.0 Å². The molecule has 0 radical (unpaired) electrons. The van der Waals surface area contributed by atoms with E-state index in [0.29, 0.717) is 24.4 Å². The maximum atomic E-state index is 5.35. The highest BCUT2D eigenvalue weighted by molar-refractivity contribution is 5.38. The van der Waals surface area contributed by atoms with Gasteiger partial charge in [-0.15, -0.1) is 10.2 Å². The van der Waals surface area contributed by atoms with E-state index in [-0.39, 0.29) is 5.41 Å². The van der Waals surface area contributed by atoms with Gasteiger partial charge in [0.2, 0.25) is 0 Å². The molecule has 0 aliphatic carbocycles. The summed E-state index contributed by atoms with van der Waals surface area (Å²) in [6, 6.07) is 4.58. The van der Waals surface area contributed by atoms with Crippen LogP contribution in [0.25, 0.3) is 5.65 Å². The van der Waals surface area contributed by atoms with E-state index in [1.165, 1.54) is 0 Å². The predicted octanol–water partition coefficient (Wildman–Crippen LogP) is 2.34. The molecule has 4 heterocycles. The molecule has 9 heteroatoms. The van der Waals surface area contributed by atoms with Crippen molar-refractivity contribution >= 4 is 11.7 Å². The molecule has 0 bridgehead atoms. The first-order chi connectivity index (χ1) is 13.0. The molecule has 0 atom stereocenters. The van der Waals surface area contributed by atoms with Crippen LogP contribution in [-0.4, -0.2) is 50.2 Å². The molecule has 9 nitrogen and oxygen atoms in total. The maximum Gasteiger partial charge on any atom is 0.324 e. The van der Waals surface area contributed by atoms with Gasteiger partial charge in [-0.2, -0.15) is 14.6 Å². The van der Waals surface area contributed by atoms with Crippen molar-refractivity contribution < 1.29 is 9.26 Å². The van der Waals surface area contributed by atoms with E-state index < -0.39 is 0 Å². The highest BCUT2D eigenvalue weighted by atomic mass is 16.5. The van der Waals surface area contributed by atoms with Gasteiger partial charge in [-0.3, -0.25) is 0 Å². The van der Waals surface area contributed by atoms with Gasteiger partial charge in [0.15, 0.2) is 17.3 Å². The summed E-state index contributed by atoms with van der Waals surface area (Å²) < 4.78 is 12.3. The van der Waals surface area contributed by atoms with Crippen molar-refractivity contribution in [1.82, 2.24) is 30.0 Å². The molecule has 1 aliphatic rings. The molecular formula is C18H25N7O2. The van der Waals surface area contributed by atoms with Crippen LogP contribution < -0.4 is 4.90 Å². The molecule has 0 aromatic carbocycles. The van der Waals surface area contributed by atoms with Crippen molar-refractivity contribution in [3.8, 4) is 0 Å². The Bertz CT molecular complexity index is 919. The van der Waals surface area contributed by atoms with E-state index in [4.69, 9.17) is 14.4 Å². The van der Waals surface area contributed by atoms with Crippen molar-refractivity contribution in [3.63, 3.8) is 0 Å². The summed E-state index contributed by atoms with van der Waals surface area (Å²) in [5.41, 5.74) is 1.81. The Morgan fingerprint density at radius 3 is 2.67 bits per heavy atom. The number of ether oxygens (including phenoxy) is 1. The van der Waals surface area contributed by atoms with Crippen LogP contribution in [0.2, 0.25) is 0 Å². The first-order valence-electron chi connectivity index (χ1n) is 9.25. The number of aromatic nitrogens is 6. The number of rotatable bonds is 4. The topological polar surface area (TPSA) is 94.5 Å². The Balaban J connectivity index is 1.50. The first-order valence-corrected chi connectivity index (χ1v) is 9.25. The number of anilines is 1. The van der Waals surface area contributed by atoms with Gasteiger partial charge >= 0.3 is 6.01 Å². The Morgan fingerprint density at radius 2 is 1.96 bits per heavy atom. The molecule has 0 amide bonds. The fourth-order valence-corrected chi connectivity index (χ4v) is 3.35. The normalized spacial score (nSPS) is 16.4. The lowest BCUT2D eigenvalue weighted by Crippen LogP contribution is -2.33. The molecule has 0 spiro atoms. The third kappa shape index (κ3) is 3.51. The van der Waals surface area contributed by atoms with Crippen LogP contribution in [0.1, 0.15) is 56.9 Å². The second-order valence-corrected chi connectivity index (χ2v) is 7.98. The number of fused-ring (bicyclic) bond motifs is 1. The minimum atomic E-state index is -0.0169. The zero-order chi connectivity index (χ0) is 19.0. The Labute approximate surface area is 157 Å². The molecule has 1 saturated heterocycles. The van der Waals surface area contributed by atoms with Gasteiger partial charge in [0.1, 0.15) is 6.61 Å². The van der Waals surface area contributed by atoms with Gasteiger partial charge in [-0.25, -0.2) is 0 Å². The van der Waals surface area contributed by atoms with Gasteiger partial charge in [0.25, 0.3) is 0 Å². The Hall–Kier alpha value is -2.55. The summed E-state index contributed by atoms with van der Waals surface area (Å²) in [6.45, 7) is 8.48. The zero-order valence-electron chi connectivity index (χ0n) is 16.2. The van der Waals surface area contributed by atoms with E-state index in [9.17, 15) is 0 Å². The summed E-state index contributed by atoms with van der Waals surface area (Å²) >= 11 is 0. The quantitative estimate of drug-likeness (QED) is 0.690. The van der Waals surface area contributed by atoms with Crippen molar-refractivity contribution in [2.24, 2.45) is 0 Å². The average molecular weight is 371 g/mol. The van der Waals surface area contributed by atoms with Crippen molar-refractivity contribution in [2.75, 3.05) is 25.1 Å². The lowest BCUT2D eigenvalue weighted by molar-refractivity contribution is 0.174. The molecule has 4 rings (SSSR count). The summed E-state index contributed by atoms with van der Waals surface area (Å²) in [4.78, 5) is 6.49. The van der Waals surface area contributed by atoms with E-state index in [1.807, 2.05) is 16.6 Å². The SMILES string of the molecule is COCc1noc(N2CCC(c3nnc4ccc(C(C)(C)C)nn34)CC2)n1. The Morgan fingerprint density at radius 1 is 1.19 bits per heavy atom. The fraction of sp³-hybridized carbons (Fsp3) is 0.611. The molecule has 0 N–H and O–H groups in total. The van der Waals surface area contributed by atoms with E-state index in [1.54, 1.807) is 7.11 Å². The smallest absolute Gasteiger partial charge is 0.324 e. The molecular weight excluding hydrogens is 346 g/mol. The molecule has 0 unspecified atom stereocenters. The zero-order valence-corrected chi connectivity index (χ0v) is 16.2. The minimum absolute atomic E-state index is 0.0169. The fourth-order valence-electron chi connectivity index (χ4n) is 3.35. The van der Waals surface area contributed by atoms with Crippen molar-refractivity contribution in [3.05, 3.63) is 29.5 Å². The van der Waals surface area contributed by atoms with Crippen molar-refractivity contribution in [2.45, 2.75) is 51.6 Å². The largest absolute Gasteiger partial charge is 0.377 e. The van der Waals surface area contributed by atoms with E-state index in [0.717, 1.165) is 43.1 Å². The monoisotopic (exact) mass is 371 g/mol. The van der Waals surface area contributed by atoms with E-state index in [2.05, 4.69) is 46.0 Å². The van der Waals surface area contributed by atoms with Crippen molar-refractivity contribution in [1.29, 1.82) is 0 Å². The van der Waals surface area contributed by atoms with Crippen LogP contribution >= 0.6 is 0 Å². The predicted molar refractivity (Wildman–Crippen MR) is 98.7 cm³/mol. The lowest BCUT2D eigenvalue weighted by Gasteiger charge is -2.29. The molecule has 27 heavy (non-hydrogen) atoms. The highest BCUT2D eigenvalue weighted by Crippen LogP contribution is 2.29. The van der Waals surface area contributed by atoms with Crippen LogP contribution in [0.4, 0.5) is 6.01 Å². The maximum absolute atomic E-state index is 5.35. The standard InChI is InChI=1S/C18H25N7O2/c1-18(2,3)13-5-6-15-20-21-16(25(15)22-13)12-7-9-24(10-8-12)17-19-14(11-26-4)23-27-17/h5-6,12H,7-11H2,1-4H3. The summed E-state index contributed by atoms with van der Waals surface area (Å²) in [7, 11) is 1.61. The van der Waals surface area contributed by atoms with Crippen LogP contribution in [0.3, 0.4) is 0 Å². The van der Waals surface area contributed by atoms with Gasteiger partial charge in [0, 0.05) is 31.5 Å². The van der Waals surface area contributed by atoms with Crippen LogP contribution in [0, 0.1) is 0 Å². The molecule has 144 valence electrons. The molecule has 0 saturated carbocycles. The Kier molecular flexibility index (Phi) is 4.55. The molecule has 3 aromatic rings. The van der Waals surface area contributed by atoms with Gasteiger partial charge in [-0.1, -0.05) is 25.9 Å². The third-order valence-corrected chi connectivity index (χ3v) is 4.92. The number of nitrogens with zero attached hydrogens (tertiary/aromatic N) is 7. The molecule has 3 aromatic heterocycles. The second-order valence-electron chi connectivity index (χ2n) is 7.98. The van der Waals surface area contributed by atoms with Crippen LogP contribution in [0.5, 0.6) is 0 Å². The number of hydrogen-bond donors (Lipinski definition) is 0. The van der Waals surface area contributed by atoms with Crippen LogP contribution in [0.15, 0.2) is 16.7 Å². The van der Waals surface area contributed by atoms with Gasteiger partial charge < -0.3 is 14.2 Å². The lowest BCUT2D eigenvalue weighted by atomic mass is 9.92. The molecule has 1 aliphatic heterocycles. The summed E-state index contributed by atoms with van der Waals surface area (Å²) in [5.74, 6) is 1.80. The third-order valence-electron chi connectivity index (χ3n) is 4.92. The highest BCUT2D eigenvalue weighted by Gasteiger charge is 2.28. The van der Waals surface area contributed by atoms with Gasteiger partial charge in [0.05, 0.1) is 5.69 Å². The number of methoxy groups -OCH3 is 1. The summed E-state index contributed by atoms with van der Waals surface area (Å²) in [6.07, 6.45) is 1.87. The summed E-state index contributed by atoms with van der Waals surface area (Å²) in [5, 5.41) is 17.5. The second kappa shape index (κ2) is 6.88. The number of piperidine rings is 1. The van der Waals surface area contributed by atoms with E-state index >= 15 is 0 Å². The average Bonchev–Trinajstić information content (AvgIpc) is 3.28. The van der Waals surface area contributed by atoms with Crippen LogP contribution in [-0.2, 0) is 16.8 Å². The molecule has 1 fully saturated rings. The minimum Gasteiger partial charge on any atom is -0.377 e. The number of hydrogen-bond acceptors (Lipinski definition) is 8.